The summed E-state index contributed by atoms with van der Waals surface area (Å²) in [6, 6.07) is 17.5. The van der Waals surface area contributed by atoms with E-state index in [0.29, 0.717) is 58.4 Å². The molecule has 0 spiro atoms. The van der Waals surface area contributed by atoms with Gasteiger partial charge in [0.15, 0.2) is 0 Å². The summed E-state index contributed by atoms with van der Waals surface area (Å²) >= 11 is 0. The Morgan fingerprint density at radius 2 is 0.683 bits per heavy atom. The van der Waals surface area contributed by atoms with E-state index in [2.05, 4.69) is 0 Å². The standard InChI is InChI=1S/C48H59F3O9/c49-42-22-13-39(14-23-42)19-28-46(52)58-34-10-3-1-7-31-55-37-45(57-33-9-5-6-12-36-60-48(54)30-21-41-17-26-44(51)27-18-41)38-56-32-8-2-4-11-35-59-47(53)29-20-40-15-24-43(50)25-16-40/h13-30,45H,1-12,31-38H2. The van der Waals surface area contributed by atoms with E-state index in [4.69, 9.17) is 28.4 Å². The fraction of sp³-hybridized carbons (Fsp3) is 0.438. The fourth-order valence-electron chi connectivity index (χ4n) is 5.58. The first-order valence-corrected chi connectivity index (χ1v) is 20.8. The molecule has 3 aromatic rings. The highest BCUT2D eigenvalue weighted by Gasteiger charge is 2.11. The van der Waals surface area contributed by atoms with Crippen molar-refractivity contribution in [1.82, 2.24) is 0 Å². The Morgan fingerprint density at radius 3 is 1.00 bits per heavy atom. The number of hydrogen-bond donors (Lipinski definition) is 0. The molecule has 0 unspecified atom stereocenters. The zero-order chi connectivity index (χ0) is 42.9. The Hall–Kier alpha value is -5.04. The van der Waals surface area contributed by atoms with Crippen molar-refractivity contribution in [3.05, 3.63) is 125 Å². The van der Waals surface area contributed by atoms with Crippen LogP contribution < -0.4 is 0 Å². The van der Waals surface area contributed by atoms with Crippen LogP contribution in [-0.4, -0.2) is 76.9 Å². The normalized spacial score (nSPS) is 12.1. The van der Waals surface area contributed by atoms with E-state index in [0.717, 1.165) is 88.2 Å². The quantitative estimate of drug-likeness (QED) is 0.0263. The molecular formula is C48H59F3O9. The largest absolute Gasteiger partial charge is 0.463 e. The Balaban J connectivity index is 1.24. The Labute approximate surface area is 352 Å². The number of halogens is 3. The number of carbonyl (C=O) groups excluding carboxylic acids is 3. The summed E-state index contributed by atoms with van der Waals surface area (Å²) in [7, 11) is 0. The molecule has 9 nitrogen and oxygen atoms in total. The summed E-state index contributed by atoms with van der Waals surface area (Å²) in [5.74, 6) is -2.30. The van der Waals surface area contributed by atoms with Crippen LogP contribution in [0.4, 0.5) is 13.2 Å². The number of esters is 3. The number of carbonyl (C=O) groups is 3. The Bertz CT molecular complexity index is 1620. The predicted octanol–water partition coefficient (Wildman–Crippen LogP) is 10.3. The minimum Gasteiger partial charge on any atom is -0.463 e. The first-order valence-electron chi connectivity index (χ1n) is 20.8. The lowest BCUT2D eigenvalue weighted by Crippen LogP contribution is -2.27. The van der Waals surface area contributed by atoms with Crippen LogP contribution in [0.3, 0.4) is 0 Å². The zero-order valence-electron chi connectivity index (χ0n) is 34.4. The van der Waals surface area contributed by atoms with Gasteiger partial charge in [-0.25, -0.2) is 27.6 Å². The predicted molar refractivity (Wildman–Crippen MR) is 226 cm³/mol. The van der Waals surface area contributed by atoms with Crippen LogP contribution in [0.2, 0.25) is 0 Å². The lowest BCUT2D eigenvalue weighted by molar-refractivity contribution is -0.138. The summed E-state index contributed by atoms with van der Waals surface area (Å²) in [5.41, 5.74) is 2.15. The zero-order valence-corrected chi connectivity index (χ0v) is 34.4. The molecule has 0 aliphatic heterocycles. The molecule has 3 aromatic carbocycles. The highest BCUT2D eigenvalue weighted by atomic mass is 19.1. The van der Waals surface area contributed by atoms with Crippen molar-refractivity contribution in [3.63, 3.8) is 0 Å². The first kappa shape index (κ1) is 49.3. The van der Waals surface area contributed by atoms with E-state index < -0.39 is 17.9 Å². The number of benzene rings is 3. The highest BCUT2D eigenvalue weighted by molar-refractivity contribution is 5.88. The van der Waals surface area contributed by atoms with Gasteiger partial charge >= 0.3 is 17.9 Å². The number of hydrogen-bond acceptors (Lipinski definition) is 9. The van der Waals surface area contributed by atoms with Gasteiger partial charge in [-0.3, -0.25) is 0 Å². The van der Waals surface area contributed by atoms with Crippen LogP contribution >= 0.6 is 0 Å². The third-order valence-electron chi connectivity index (χ3n) is 8.94. The summed E-state index contributed by atoms with van der Waals surface area (Å²) < 4.78 is 72.9. The third kappa shape index (κ3) is 25.4. The fourth-order valence-corrected chi connectivity index (χ4v) is 5.58. The maximum atomic E-state index is 13.0. The molecule has 0 atom stereocenters. The van der Waals surface area contributed by atoms with Crippen molar-refractivity contribution in [3.8, 4) is 0 Å². The van der Waals surface area contributed by atoms with Gasteiger partial charge in [0.25, 0.3) is 0 Å². The lowest BCUT2D eigenvalue weighted by atomic mass is 10.2. The molecular weight excluding hydrogens is 778 g/mol. The summed E-state index contributed by atoms with van der Waals surface area (Å²) in [6.07, 6.45) is 18.8. The average molecular weight is 837 g/mol. The summed E-state index contributed by atoms with van der Waals surface area (Å²) in [5, 5.41) is 0. The monoisotopic (exact) mass is 836 g/mol. The van der Waals surface area contributed by atoms with Crippen molar-refractivity contribution in [1.29, 1.82) is 0 Å². The van der Waals surface area contributed by atoms with Gasteiger partial charge in [-0.15, -0.1) is 0 Å². The molecule has 0 amide bonds. The number of ether oxygens (including phenoxy) is 6. The molecule has 0 aliphatic rings. The molecule has 0 saturated heterocycles. The Kier molecular flexibility index (Phi) is 26.2. The van der Waals surface area contributed by atoms with Gasteiger partial charge < -0.3 is 28.4 Å². The van der Waals surface area contributed by atoms with Gasteiger partial charge in [0, 0.05) is 38.0 Å². The van der Waals surface area contributed by atoms with Crippen molar-refractivity contribution < 1.29 is 56.0 Å². The summed E-state index contributed by atoms with van der Waals surface area (Å²) in [4.78, 5) is 35.8. The van der Waals surface area contributed by atoms with Gasteiger partial charge in [0.2, 0.25) is 0 Å². The molecule has 0 saturated carbocycles. The van der Waals surface area contributed by atoms with E-state index >= 15 is 0 Å². The molecule has 0 aromatic heterocycles. The second kappa shape index (κ2) is 31.8. The van der Waals surface area contributed by atoms with Gasteiger partial charge in [-0.2, -0.15) is 0 Å². The van der Waals surface area contributed by atoms with Gasteiger partial charge in [-0.1, -0.05) is 55.7 Å². The van der Waals surface area contributed by atoms with E-state index in [1.165, 1.54) is 54.6 Å². The third-order valence-corrected chi connectivity index (χ3v) is 8.94. The minimum atomic E-state index is -0.436. The van der Waals surface area contributed by atoms with Crippen LogP contribution in [-0.2, 0) is 42.8 Å². The van der Waals surface area contributed by atoms with E-state index in [1.807, 2.05) is 0 Å². The first-order chi connectivity index (χ1) is 29.3. The van der Waals surface area contributed by atoms with Crippen LogP contribution in [0, 0.1) is 17.5 Å². The molecule has 0 heterocycles. The topological polar surface area (TPSA) is 107 Å². The van der Waals surface area contributed by atoms with Gasteiger partial charge in [0.05, 0.1) is 33.0 Å². The van der Waals surface area contributed by atoms with Gasteiger partial charge in [0.1, 0.15) is 23.6 Å². The second-order valence-electron chi connectivity index (χ2n) is 14.0. The average Bonchev–Trinajstić information content (AvgIpc) is 3.25. The van der Waals surface area contributed by atoms with Crippen molar-refractivity contribution in [2.45, 2.75) is 83.2 Å². The van der Waals surface area contributed by atoms with E-state index in [-0.39, 0.29) is 23.6 Å². The molecule has 326 valence electrons. The Morgan fingerprint density at radius 1 is 0.400 bits per heavy atom. The summed E-state index contributed by atoms with van der Waals surface area (Å²) in [6.45, 7) is 3.48. The maximum absolute atomic E-state index is 13.0. The second-order valence-corrected chi connectivity index (χ2v) is 14.0. The molecule has 0 radical (unpaired) electrons. The SMILES string of the molecule is O=C(C=Cc1ccc(F)cc1)OCCCCCCOCC(COCCCCCCOC(=O)C=Cc1ccc(F)cc1)OCCCCCCOC(=O)C=Cc1ccc(F)cc1. The van der Waals surface area contributed by atoms with Crippen molar-refractivity contribution in [2.24, 2.45) is 0 Å². The molecule has 3 rings (SSSR count). The molecule has 60 heavy (non-hydrogen) atoms. The van der Waals surface area contributed by atoms with Crippen molar-refractivity contribution in [2.75, 3.05) is 52.9 Å². The molecule has 0 bridgehead atoms. The van der Waals surface area contributed by atoms with Gasteiger partial charge in [-0.05, 0) is 129 Å². The number of unbranched alkanes of at least 4 members (excludes halogenated alkanes) is 9. The van der Waals surface area contributed by atoms with Crippen LogP contribution in [0.25, 0.3) is 18.2 Å². The molecule has 0 N–H and O–H groups in total. The van der Waals surface area contributed by atoms with Crippen molar-refractivity contribution >= 4 is 36.1 Å². The van der Waals surface area contributed by atoms with Crippen LogP contribution in [0.1, 0.15) is 93.7 Å². The van der Waals surface area contributed by atoms with Crippen LogP contribution in [0.5, 0.6) is 0 Å². The molecule has 12 heteroatoms. The highest BCUT2D eigenvalue weighted by Crippen LogP contribution is 2.10. The molecule has 0 fully saturated rings. The number of rotatable bonds is 32. The maximum Gasteiger partial charge on any atom is 0.330 e. The van der Waals surface area contributed by atoms with E-state index in [1.54, 1.807) is 54.6 Å². The van der Waals surface area contributed by atoms with Crippen LogP contribution in [0.15, 0.2) is 91.0 Å². The lowest BCUT2D eigenvalue weighted by Gasteiger charge is -2.18. The minimum absolute atomic E-state index is 0.219. The van der Waals surface area contributed by atoms with E-state index in [9.17, 15) is 27.6 Å². The molecule has 0 aliphatic carbocycles. The smallest absolute Gasteiger partial charge is 0.330 e.